The lowest BCUT2D eigenvalue weighted by atomic mass is 10.3. The van der Waals surface area contributed by atoms with E-state index in [0.717, 1.165) is 25.0 Å². The van der Waals surface area contributed by atoms with Gasteiger partial charge in [-0.25, -0.2) is 0 Å². The molecule has 1 saturated carbocycles. The zero-order valence-electron chi connectivity index (χ0n) is 9.40. The molecule has 0 amide bonds. The van der Waals surface area contributed by atoms with Crippen LogP contribution in [0.4, 0.5) is 0 Å². The van der Waals surface area contributed by atoms with Gasteiger partial charge in [-0.2, -0.15) is 11.3 Å². The zero-order valence-corrected chi connectivity index (χ0v) is 12.5. The van der Waals surface area contributed by atoms with Gasteiger partial charge in [-0.15, -0.1) is 24.0 Å². The van der Waals surface area contributed by atoms with Gasteiger partial charge in [0.25, 0.3) is 0 Å². The van der Waals surface area contributed by atoms with Crippen molar-refractivity contribution in [2.45, 2.75) is 19.4 Å². The van der Waals surface area contributed by atoms with Crippen molar-refractivity contribution < 1.29 is 0 Å². The fourth-order valence-electron chi connectivity index (χ4n) is 1.36. The van der Waals surface area contributed by atoms with Crippen LogP contribution in [-0.4, -0.2) is 19.6 Å². The van der Waals surface area contributed by atoms with Crippen molar-refractivity contribution in [3.63, 3.8) is 0 Å². The second-order valence-corrected chi connectivity index (χ2v) is 4.66. The summed E-state index contributed by atoms with van der Waals surface area (Å²) >= 11 is 1.73. The largest absolute Gasteiger partial charge is 0.356 e. The van der Waals surface area contributed by atoms with Crippen LogP contribution in [0.15, 0.2) is 21.8 Å². The van der Waals surface area contributed by atoms with E-state index in [1.807, 2.05) is 7.05 Å². The summed E-state index contributed by atoms with van der Waals surface area (Å²) in [6.07, 6.45) is 2.74. The van der Waals surface area contributed by atoms with Gasteiger partial charge in [-0.3, -0.25) is 4.99 Å². The average Bonchev–Trinajstić information content (AvgIpc) is 2.94. The Kier molecular flexibility index (Phi) is 6.12. The first-order valence-electron chi connectivity index (χ1n) is 5.34. The molecule has 0 saturated heterocycles. The lowest BCUT2D eigenvalue weighted by Gasteiger charge is -2.10. The maximum atomic E-state index is 4.19. The molecule has 2 N–H and O–H groups in total. The van der Waals surface area contributed by atoms with Crippen molar-refractivity contribution in [2.75, 3.05) is 13.6 Å². The van der Waals surface area contributed by atoms with Crippen molar-refractivity contribution in [3.8, 4) is 0 Å². The van der Waals surface area contributed by atoms with E-state index in [9.17, 15) is 0 Å². The summed E-state index contributed by atoms with van der Waals surface area (Å²) < 4.78 is 0. The molecule has 2 rings (SSSR count). The molecular formula is C11H18IN3S. The van der Waals surface area contributed by atoms with E-state index in [1.165, 1.54) is 18.4 Å². The summed E-state index contributed by atoms with van der Waals surface area (Å²) in [5, 5.41) is 10.9. The van der Waals surface area contributed by atoms with Crippen LogP contribution in [0, 0.1) is 5.92 Å². The average molecular weight is 351 g/mol. The Balaban J connectivity index is 0.00000128. The number of aliphatic imine (C=N–C) groups is 1. The van der Waals surface area contributed by atoms with Gasteiger partial charge in [-0.05, 0) is 41.1 Å². The standard InChI is InChI=1S/C11H17N3S.HI/c1-12-11(13-6-9-2-3-9)14-7-10-4-5-15-8-10;/h4-5,8-9H,2-3,6-7H2,1H3,(H2,12,13,14);1H. The van der Waals surface area contributed by atoms with Crippen LogP contribution in [0.2, 0.25) is 0 Å². The number of thiophene rings is 1. The third kappa shape index (κ3) is 4.69. The predicted octanol–water partition coefficient (Wildman–Crippen LogP) is 2.44. The summed E-state index contributed by atoms with van der Waals surface area (Å²) in [7, 11) is 1.82. The molecule has 0 unspecified atom stereocenters. The van der Waals surface area contributed by atoms with Gasteiger partial charge in [0.1, 0.15) is 0 Å². The van der Waals surface area contributed by atoms with Crippen LogP contribution in [0.1, 0.15) is 18.4 Å². The Labute approximate surface area is 118 Å². The van der Waals surface area contributed by atoms with Crippen molar-refractivity contribution in [1.82, 2.24) is 10.6 Å². The first kappa shape index (κ1) is 13.8. The van der Waals surface area contributed by atoms with Gasteiger partial charge in [0.05, 0.1) is 0 Å². The molecule has 3 nitrogen and oxygen atoms in total. The third-order valence-corrected chi connectivity index (χ3v) is 3.25. The molecular weight excluding hydrogens is 333 g/mol. The van der Waals surface area contributed by atoms with Crippen molar-refractivity contribution in [1.29, 1.82) is 0 Å². The molecule has 0 spiro atoms. The molecule has 0 atom stereocenters. The monoisotopic (exact) mass is 351 g/mol. The summed E-state index contributed by atoms with van der Waals surface area (Å²) in [6.45, 7) is 1.91. The molecule has 90 valence electrons. The smallest absolute Gasteiger partial charge is 0.191 e. The van der Waals surface area contributed by atoms with Crippen LogP contribution in [0.3, 0.4) is 0 Å². The summed E-state index contributed by atoms with van der Waals surface area (Å²) in [6, 6.07) is 2.13. The van der Waals surface area contributed by atoms with Crippen molar-refractivity contribution in [3.05, 3.63) is 22.4 Å². The molecule has 16 heavy (non-hydrogen) atoms. The maximum absolute atomic E-state index is 4.19. The lowest BCUT2D eigenvalue weighted by molar-refractivity contribution is 0.738. The first-order chi connectivity index (χ1) is 7.38. The molecule has 1 aromatic heterocycles. The van der Waals surface area contributed by atoms with E-state index >= 15 is 0 Å². The quantitative estimate of drug-likeness (QED) is 0.497. The second-order valence-electron chi connectivity index (χ2n) is 3.88. The molecule has 0 aliphatic heterocycles. The number of nitrogens with zero attached hydrogens (tertiary/aromatic N) is 1. The zero-order chi connectivity index (χ0) is 10.5. The van der Waals surface area contributed by atoms with Gasteiger partial charge < -0.3 is 10.6 Å². The van der Waals surface area contributed by atoms with Gasteiger partial charge in [0.15, 0.2) is 5.96 Å². The van der Waals surface area contributed by atoms with Crippen LogP contribution in [-0.2, 0) is 6.54 Å². The minimum atomic E-state index is 0. The highest BCUT2D eigenvalue weighted by Gasteiger charge is 2.20. The Hall–Kier alpha value is -0.300. The van der Waals surface area contributed by atoms with E-state index in [-0.39, 0.29) is 24.0 Å². The highest BCUT2D eigenvalue weighted by molar-refractivity contribution is 14.0. The molecule has 0 aromatic carbocycles. The maximum Gasteiger partial charge on any atom is 0.191 e. The summed E-state index contributed by atoms with van der Waals surface area (Å²) in [4.78, 5) is 4.19. The molecule has 5 heteroatoms. The van der Waals surface area contributed by atoms with Crippen LogP contribution in [0.25, 0.3) is 0 Å². The number of nitrogens with one attached hydrogen (secondary N) is 2. The molecule has 0 bridgehead atoms. The molecule has 1 fully saturated rings. The molecule has 0 radical (unpaired) electrons. The van der Waals surface area contributed by atoms with E-state index in [2.05, 4.69) is 32.5 Å². The first-order valence-corrected chi connectivity index (χ1v) is 6.28. The highest BCUT2D eigenvalue weighted by atomic mass is 127. The fourth-order valence-corrected chi connectivity index (χ4v) is 2.03. The topological polar surface area (TPSA) is 36.4 Å². The molecule has 1 aliphatic rings. The van der Waals surface area contributed by atoms with E-state index < -0.39 is 0 Å². The minimum absolute atomic E-state index is 0. The third-order valence-electron chi connectivity index (χ3n) is 2.52. The minimum Gasteiger partial charge on any atom is -0.356 e. The summed E-state index contributed by atoms with van der Waals surface area (Å²) in [5.74, 6) is 1.79. The number of guanidine groups is 1. The molecule has 1 aliphatic carbocycles. The van der Waals surface area contributed by atoms with Crippen LogP contribution < -0.4 is 10.6 Å². The van der Waals surface area contributed by atoms with E-state index in [0.29, 0.717) is 0 Å². The van der Waals surface area contributed by atoms with Gasteiger partial charge >= 0.3 is 0 Å². The lowest BCUT2D eigenvalue weighted by Crippen LogP contribution is -2.37. The molecule has 1 aromatic rings. The van der Waals surface area contributed by atoms with Crippen molar-refractivity contribution in [2.24, 2.45) is 10.9 Å². The number of rotatable bonds is 4. The summed E-state index contributed by atoms with van der Waals surface area (Å²) in [5.41, 5.74) is 1.31. The Morgan fingerprint density at radius 3 is 2.88 bits per heavy atom. The van der Waals surface area contributed by atoms with Crippen LogP contribution in [0.5, 0.6) is 0 Å². The number of halogens is 1. The fraction of sp³-hybridized carbons (Fsp3) is 0.545. The van der Waals surface area contributed by atoms with Crippen LogP contribution >= 0.6 is 35.3 Å². The number of hydrogen-bond donors (Lipinski definition) is 2. The second kappa shape index (κ2) is 7.11. The SMILES string of the molecule is CN=C(NCc1ccsc1)NCC1CC1.I. The van der Waals surface area contributed by atoms with Crippen molar-refractivity contribution >= 4 is 41.3 Å². The van der Waals surface area contributed by atoms with E-state index in [1.54, 1.807) is 11.3 Å². The van der Waals surface area contributed by atoms with Gasteiger partial charge in [0, 0.05) is 20.1 Å². The number of hydrogen-bond acceptors (Lipinski definition) is 2. The normalized spacial score (nSPS) is 15.4. The van der Waals surface area contributed by atoms with Gasteiger partial charge in [-0.1, -0.05) is 0 Å². The predicted molar refractivity (Wildman–Crippen MR) is 80.7 cm³/mol. The van der Waals surface area contributed by atoms with E-state index in [4.69, 9.17) is 0 Å². The highest BCUT2D eigenvalue weighted by Crippen LogP contribution is 2.27. The Bertz CT molecular complexity index is 320. The Morgan fingerprint density at radius 2 is 2.31 bits per heavy atom. The Morgan fingerprint density at radius 1 is 1.50 bits per heavy atom. The van der Waals surface area contributed by atoms with Gasteiger partial charge in [0.2, 0.25) is 0 Å². The molecule has 1 heterocycles.